The molecule has 0 radical (unpaired) electrons. The van der Waals surface area contributed by atoms with Crippen molar-refractivity contribution < 1.29 is 4.74 Å². The highest BCUT2D eigenvalue weighted by Gasteiger charge is 2.15. The predicted molar refractivity (Wildman–Crippen MR) is 105 cm³/mol. The van der Waals surface area contributed by atoms with E-state index in [0.717, 1.165) is 34.6 Å². The smallest absolute Gasteiger partial charge is 0.191 e. The average molecular weight is 369 g/mol. The lowest BCUT2D eigenvalue weighted by atomic mass is 10.2. The van der Waals surface area contributed by atoms with Crippen molar-refractivity contribution in [1.29, 1.82) is 0 Å². The Morgan fingerprint density at radius 3 is 2.46 bits per heavy atom. The Balaban J connectivity index is 1.65. The molecule has 0 saturated heterocycles. The largest absolute Gasteiger partial charge is 0.493 e. The molecule has 136 valence electrons. The summed E-state index contributed by atoms with van der Waals surface area (Å²) in [6.07, 6.45) is 3.57. The highest BCUT2D eigenvalue weighted by molar-refractivity contribution is 7.99. The van der Waals surface area contributed by atoms with Crippen LogP contribution in [0.2, 0.25) is 0 Å². The molecule has 0 aliphatic heterocycles. The van der Waals surface area contributed by atoms with E-state index in [1.54, 1.807) is 24.2 Å². The fourth-order valence-corrected chi connectivity index (χ4v) is 3.33. The van der Waals surface area contributed by atoms with Gasteiger partial charge in [-0.25, -0.2) is 0 Å². The second kappa shape index (κ2) is 8.85. The van der Waals surface area contributed by atoms with E-state index in [1.165, 1.54) is 5.56 Å². The third-order valence-electron chi connectivity index (χ3n) is 3.81. The molecular weight excluding hydrogens is 344 g/mol. The molecule has 2 aromatic heterocycles. The number of aryl methyl sites for hydroxylation is 1. The van der Waals surface area contributed by atoms with E-state index in [9.17, 15) is 0 Å². The molecule has 0 saturated carbocycles. The van der Waals surface area contributed by atoms with Crippen molar-refractivity contribution in [2.24, 2.45) is 5.92 Å². The number of rotatable bonds is 8. The first-order valence-corrected chi connectivity index (χ1v) is 9.78. The maximum Gasteiger partial charge on any atom is 0.191 e. The third kappa shape index (κ3) is 4.85. The molecule has 3 rings (SSSR count). The minimum Gasteiger partial charge on any atom is -0.493 e. The van der Waals surface area contributed by atoms with E-state index in [0.29, 0.717) is 12.5 Å². The summed E-state index contributed by atoms with van der Waals surface area (Å²) in [5.74, 6) is 3.12. The number of hydrogen-bond donors (Lipinski definition) is 0. The van der Waals surface area contributed by atoms with Crippen LogP contribution in [0.3, 0.4) is 0 Å². The van der Waals surface area contributed by atoms with Crippen molar-refractivity contribution in [3.8, 4) is 17.1 Å². The summed E-state index contributed by atoms with van der Waals surface area (Å²) in [4.78, 5) is 4.08. The Kier molecular flexibility index (Phi) is 6.28. The second-order valence-corrected chi connectivity index (χ2v) is 7.62. The van der Waals surface area contributed by atoms with E-state index in [-0.39, 0.29) is 0 Å². The van der Waals surface area contributed by atoms with Crippen LogP contribution < -0.4 is 4.74 Å². The van der Waals surface area contributed by atoms with Gasteiger partial charge in [0.2, 0.25) is 0 Å². The van der Waals surface area contributed by atoms with Crippen molar-refractivity contribution >= 4 is 11.8 Å². The summed E-state index contributed by atoms with van der Waals surface area (Å²) >= 11 is 1.68. The highest BCUT2D eigenvalue weighted by Crippen LogP contribution is 2.25. The van der Waals surface area contributed by atoms with Gasteiger partial charge < -0.3 is 9.30 Å². The molecule has 26 heavy (non-hydrogen) atoms. The number of hydrogen-bond acceptors (Lipinski definition) is 5. The molecule has 0 bridgehead atoms. The normalized spacial score (nSPS) is 11.1. The van der Waals surface area contributed by atoms with Gasteiger partial charge in [-0.1, -0.05) is 43.3 Å². The predicted octanol–water partition coefficient (Wildman–Crippen LogP) is 4.48. The third-order valence-corrected chi connectivity index (χ3v) is 4.74. The molecule has 0 aliphatic rings. The molecule has 1 aromatic carbocycles. The van der Waals surface area contributed by atoms with Crippen LogP contribution in [0.1, 0.15) is 19.4 Å². The Morgan fingerprint density at radius 1 is 1.04 bits per heavy atom. The molecule has 0 aliphatic carbocycles. The van der Waals surface area contributed by atoms with Gasteiger partial charge in [-0.3, -0.25) is 4.98 Å². The van der Waals surface area contributed by atoms with Crippen molar-refractivity contribution in [3.05, 3.63) is 54.4 Å². The maximum atomic E-state index is 5.81. The maximum absolute atomic E-state index is 5.81. The zero-order chi connectivity index (χ0) is 18.4. The second-order valence-electron chi connectivity index (χ2n) is 6.56. The molecule has 3 aromatic rings. The van der Waals surface area contributed by atoms with Crippen LogP contribution in [0.15, 0.2) is 53.9 Å². The van der Waals surface area contributed by atoms with Gasteiger partial charge in [-0.05, 0) is 37.1 Å². The lowest BCUT2D eigenvalue weighted by molar-refractivity contribution is 0.343. The van der Waals surface area contributed by atoms with Gasteiger partial charge in [0.1, 0.15) is 5.75 Å². The zero-order valence-corrected chi connectivity index (χ0v) is 16.2. The fraction of sp³-hybridized carbons (Fsp3) is 0.350. The fourth-order valence-electron chi connectivity index (χ4n) is 2.57. The topological polar surface area (TPSA) is 52.8 Å². The minimum atomic E-state index is 0.509. The standard InChI is InChI=1S/C20H24N4OS/c1-15(2)14-24-19(17-8-10-21-11-9-17)22-23-20(24)26-13-12-25-18-6-4-16(3)5-7-18/h4-11,15H,12-14H2,1-3H3. The van der Waals surface area contributed by atoms with E-state index in [2.05, 4.69) is 52.7 Å². The minimum absolute atomic E-state index is 0.509. The lowest BCUT2D eigenvalue weighted by Gasteiger charge is -2.12. The Morgan fingerprint density at radius 2 is 1.77 bits per heavy atom. The highest BCUT2D eigenvalue weighted by atomic mass is 32.2. The summed E-state index contributed by atoms with van der Waals surface area (Å²) in [6, 6.07) is 12.1. The zero-order valence-electron chi connectivity index (χ0n) is 15.4. The summed E-state index contributed by atoms with van der Waals surface area (Å²) in [5, 5.41) is 9.74. The van der Waals surface area contributed by atoms with Gasteiger partial charge in [0.05, 0.1) is 6.61 Å². The van der Waals surface area contributed by atoms with Crippen LogP contribution in [0.25, 0.3) is 11.4 Å². The monoisotopic (exact) mass is 368 g/mol. The Hall–Kier alpha value is -2.34. The summed E-state index contributed by atoms with van der Waals surface area (Å²) in [6.45, 7) is 7.98. The number of ether oxygens (including phenoxy) is 1. The van der Waals surface area contributed by atoms with E-state index < -0.39 is 0 Å². The van der Waals surface area contributed by atoms with Gasteiger partial charge >= 0.3 is 0 Å². The van der Waals surface area contributed by atoms with Crippen molar-refractivity contribution in [2.75, 3.05) is 12.4 Å². The molecule has 0 N–H and O–H groups in total. The van der Waals surface area contributed by atoms with E-state index in [4.69, 9.17) is 4.74 Å². The van der Waals surface area contributed by atoms with E-state index in [1.807, 2.05) is 24.3 Å². The summed E-state index contributed by atoms with van der Waals surface area (Å²) < 4.78 is 8.00. The molecule has 5 nitrogen and oxygen atoms in total. The van der Waals surface area contributed by atoms with Gasteiger partial charge in [-0.15, -0.1) is 10.2 Å². The molecule has 0 atom stereocenters. The van der Waals surface area contributed by atoms with Crippen LogP contribution in [0.5, 0.6) is 5.75 Å². The van der Waals surface area contributed by atoms with E-state index >= 15 is 0 Å². The average Bonchev–Trinajstić information content (AvgIpc) is 3.03. The number of nitrogens with zero attached hydrogens (tertiary/aromatic N) is 4. The molecule has 0 unspecified atom stereocenters. The van der Waals surface area contributed by atoms with Gasteiger partial charge in [0, 0.05) is 30.3 Å². The molecule has 6 heteroatoms. The van der Waals surface area contributed by atoms with Crippen molar-refractivity contribution in [2.45, 2.75) is 32.5 Å². The first-order chi connectivity index (χ1) is 12.6. The van der Waals surface area contributed by atoms with Crippen LogP contribution in [-0.2, 0) is 6.54 Å². The number of thioether (sulfide) groups is 1. The molecule has 0 amide bonds. The summed E-state index contributed by atoms with van der Waals surface area (Å²) in [7, 11) is 0. The van der Waals surface area contributed by atoms with Crippen molar-refractivity contribution in [1.82, 2.24) is 19.7 Å². The van der Waals surface area contributed by atoms with Crippen LogP contribution in [0.4, 0.5) is 0 Å². The molecular formula is C20H24N4OS. The number of benzene rings is 1. The van der Waals surface area contributed by atoms with Crippen LogP contribution in [0, 0.1) is 12.8 Å². The molecule has 0 spiro atoms. The van der Waals surface area contributed by atoms with Crippen LogP contribution in [-0.4, -0.2) is 32.1 Å². The lowest BCUT2D eigenvalue weighted by Crippen LogP contribution is -2.09. The number of pyridine rings is 1. The Labute approximate surface area is 158 Å². The first-order valence-electron chi connectivity index (χ1n) is 8.79. The van der Waals surface area contributed by atoms with Gasteiger partial charge in [-0.2, -0.15) is 0 Å². The first kappa shape index (κ1) is 18.5. The quantitative estimate of drug-likeness (QED) is 0.433. The van der Waals surface area contributed by atoms with Crippen LogP contribution >= 0.6 is 11.8 Å². The van der Waals surface area contributed by atoms with Gasteiger partial charge in [0.25, 0.3) is 0 Å². The van der Waals surface area contributed by atoms with Crippen molar-refractivity contribution in [3.63, 3.8) is 0 Å². The number of aromatic nitrogens is 4. The Bertz CT molecular complexity index is 816. The molecule has 2 heterocycles. The summed E-state index contributed by atoms with van der Waals surface area (Å²) in [5.41, 5.74) is 2.27. The van der Waals surface area contributed by atoms with Gasteiger partial charge in [0.15, 0.2) is 11.0 Å². The molecule has 0 fully saturated rings. The SMILES string of the molecule is Cc1ccc(OCCSc2nnc(-c3ccncc3)n2CC(C)C)cc1.